The van der Waals surface area contributed by atoms with Crippen molar-refractivity contribution in [2.75, 3.05) is 18.9 Å². The highest BCUT2D eigenvalue weighted by atomic mass is 79.9. The molecule has 2 rings (SSSR count). The van der Waals surface area contributed by atoms with Crippen molar-refractivity contribution in [1.29, 1.82) is 0 Å². The molecule has 0 atom stereocenters. The second-order valence-corrected chi connectivity index (χ2v) is 6.98. The summed E-state index contributed by atoms with van der Waals surface area (Å²) >= 11 is 2.64. The molecule has 0 heterocycles. The van der Waals surface area contributed by atoms with Crippen LogP contribution in [0.2, 0.25) is 0 Å². The largest absolute Gasteiger partial charge is 0.493 e. The normalized spacial score (nSPS) is 11.2. The Balaban J connectivity index is 2.46. The molecular weight excluding hydrogens is 415 g/mol. The molecule has 0 bridgehead atoms. The second-order valence-electron chi connectivity index (χ2n) is 4.47. The van der Waals surface area contributed by atoms with Gasteiger partial charge in [-0.1, -0.05) is 0 Å². The average Bonchev–Trinajstić information content (AvgIpc) is 2.55. The van der Waals surface area contributed by atoms with E-state index in [0.717, 1.165) is 0 Å². The zero-order chi connectivity index (χ0) is 18.1. The Hall–Kier alpha value is -1.94. The van der Waals surface area contributed by atoms with Gasteiger partial charge >= 0.3 is 0 Å². The van der Waals surface area contributed by atoms with Gasteiger partial charge in [-0.3, -0.25) is 4.72 Å². The van der Waals surface area contributed by atoms with Gasteiger partial charge in [0.15, 0.2) is 29.0 Å². The molecule has 130 valence electrons. The van der Waals surface area contributed by atoms with Crippen LogP contribution in [-0.4, -0.2) is 22.6 Å². The molecule has 0 aliphatic carbocycles. The fourth-order valence-electron chi connectivity index (χ4n) is 1.86. The smallest absolute Gasteiger partial charge is 0.264 e. The molecule has 0 unspecified atom stereocenters. The van der Waals surface area contributed by atoms with Crippen molar-refractivity contribution in [3.05, 3.63) is 46.2 Å². The van der Waals surface area contributed by atoms with Crippen LogP contribution < -0.4 is 14.2 Å². The van der Waals surface area contributed by atoms with Crippen LogP contribution in [-0.2, 0) is 10.0 Å². The first-order chi connectivity index (χ1) is 11.2. The van der Waals surface area contributed by atoms with E-state index in [1.54, 1.807) is 0 Å². The van der Waals surface area contributed by atoms with Crippen molar-refractivity contribution >= 4 is 31.6 Å². The van der Waals surface area contributed by atoms with Crippen LogP contribution in [0.4, 0.5) is 18.9 Å². The molecule has 2 aromatic carbocycles. The number of nitrogens with one attached hydrogen (secondary N) is 1. The molecule has 5 nitrogen and oxygen atoms in total. The van der Waals surface area contributed by atoms with Crippen molar-refractivity contribution in [3.63, 3.8) is 0 Å². The van der Waals surface area contributed by atoms with Gasteiger partial charge in [0.05, 0.1) is 24.4 Å². The van der Waals surface area contributed by atoms with Gasteiger partial charge < -0.3 is 9.47 Å². The average molecular weight is 426 g/mol. The standard InChI is InChI=1S/C14H11BrF3NO4S/c1-22-9-4-3-7(5-10(9)23-2)19-24(20,21)11-6-8(15)12(16)14(18)13(11)17/h3-6,19H,1-2H3. The Kier molecular flexibility index (Phi) is 5.29. The summed E-state index contributed by atoms with van der Waals surface area (Å²) in [6.07, 6.45) is 0. The van der Waals surface area contributed by atoms with Crippen LogP contribution in [0.5, 0.6) is 11.5 Å². The van der Waals surface area contributed by atoms with E-state index in [1.165, 1.54) is 32.4 Å². The van der Waals surface area contributed by atoms with E-state index >= 15 is 0 Å². The molecule has 1 N–H and O–H groups in total. The van der Waals surface area contributed by atoms with Gasteiger partial charge in [-0.05, 0) is 34.1 Å². The van der Waals surface area contributed by atoms with Crippen LogP contribution >= 0.6 is 15.9 Å². The van der Waals surface area contributed by atoms with Gasteiger partial charge in [-0.25, -0.2) is 21.6 Å². The SMILES string of the molecule is COc1ccc(NS(=O)(=O)c2cc(Br)c(F)c(F)c2F)cc1OC. The van der Waals surface area contributed by atoms with E-state index in [9.17, 15) is 21.6 Å². The van der Waals surface area contributed by atoms with Crippen LogP contribution in [0.25, 0.3) is 0 Å². The number of rotatable bonds is 5. The summed E-state index contributed by atoms with van der Waals surface area (Å²) in [5.41, 5.74) is 0.0212. The highest BCUT2D eigenvalue weighted by molar-refractivity contribution is 9.10. The minimum atomic E-state index is -4.51. The van der Waals surface area contributed by atoms with Crippen molar-refractivity contribution in [3.8, 4) is 11.5 Å². The maximum Gasteiger partial charge on any atom is 0.264 e. The fourth-order valence-corrected chi connectivity index (χ4v) is 3.56. The fraction of sp³-hybridized carbons (Fsp3) is 0.143. The maximum absolute atomic E-state index is 13.8. The van der Waals surface area contributed by atoms with Crippen molar-refractivity contribution < 1.29 is 31.1 Å². The van der Waals surface area contributed by atoms with Crippen LogP contribution in [0.3, 0.4) is 0 Å². The molecule has 24 heavy (non-hydrogen) atoms. The zero-order valence-corrected chi connectivity index (χ0v) is 14.8. The van der Waals surface area contributed by atoms with E-state index in [1.807, 2.05) is 0 Å². The van der Waals surface area contributed by atoms with E-state index in [4.69, 9.17) is 9.47 Å². The Labute approximate surface area is 144 Å². The molecule has 0 spiro atoms. The number of hydrogen-bond donors (Lipinski definition) is 1. The predicted octanol–water partition coefficient (Wildman–Crippen LogP) is 3.68. The topological polar surface area (TPSA) is 64.6 Å². The number of ether oxygens (including phenoxy) is 2. The van der Waals surface area contributed by atoms with Gasteiger partial charge in [0.1, 0.15) is 4.90 Å². The van der Waals surface area contributed by atoms with E-state index in [0.29, 0.717) is 11.8 Å². The number of benzene rings is 2. The number of halogens is 4. The van der Waals surface area contributed by atoms with Gasteiger partial charge in [-0.2, -0.15) is 0 Å². The summed E-state index contributed by atoms with van der Waals surface area (Å²) in [5.74, 6) is -4.65. The summed E-state index contributed by atoms with van der Waals surface area (Å²) in [6.45, 7) is 0. The van der Waals surface area contributed by atoms with Crippen molar-refractivity contribution in [2.45, 2.75) is 4.90 Å². The minimum absolute atomic E-state index is 0.0212. The molecule has 0 saturated carbocycles. The first-order valence-corrected chi connectivity index (χ1v) is 8.56. The highest BCUT2D eigenvalue weighted by Crippen LogP contribution is 2.32. The molecular formula is C14H11BrF3NO4S. The third-order valence-electron chi connectivity index (χ3n) is 2.99. The third kappa shape index (κ3) is 3.44. The minimum Gasteiger partial charge on any atom is -0.493 e. The molecule has 0 fully saturated rings. The van der Waals surface area contributed by atoms with Crippen LogP contribution in [0.1, 0.15) is 0 Å². The molecule has 0 aliphatic rings. The monoisotopic (exact) mass is 425 g/mol. The Morgan fingerprint density at radius 3 is 2.17 bits per heavy atom. The summed E-state index contributed by atoms with van der Waals surface area (Å²) in [7, 11) is -1.76. The summed E-state index contributed by atoms with van der Waals surface area (Å²) in [6, 6.07) is 4.69. The van der Waals surface area contributed by atoms with E-state index < -0.39 is 36.8 Å². The summed E-state index contributed by atoms with van der Waals surface area (Å²) < 4.78 is 76.6. The number of sulfonamides is 1. The number of anilines is 1. The highest BCUT2D eigenvalue weighted by Gasteiger charge is 2.26. The van der Waals surface area contributed by atoms with E-state index in [2.05, 4.69) is 20.7 Å². The molecule has 0 aliphatic heterocycles. The lowest BCUT2D eigenvalue weighted by molar-refractivity contribution is 0.355. The Bertz CT molecular complexity index is 890. The first-order valence-electron chi connectivity index (χ1n) is 6.29. The Morgan fingerprint density at radius 2 is 1.58 bits per heavy atom. The van der Waals surface area contributed by atoms with Crippen LogP contribution in [0.15, 0.2) is 33.6 Å². The quantitative estimate of drug-likeness (QED) is 0.586. The van der Waals surface area contributed by atoms with Gasteiger partial charge in [-0.15, -0.1) is 0 Å². The third-order valence-corrected chi connectivity index (χ3v) is 4.95. The van der Waals surface area contributed by atoms with Crippen LogP contribution in [0, 0.1) is 17.5 Å². The van der Waals surface area contributed by atoms with Gasteiger partial charge in [0.2, 0.25) is 0 Å². The first kappa shape index (κ1) is 18.4. The lowest BCUT2D eigenvalue weighted by Gasteiger charge is -2.13. The zero-order valence-electron chi connectivity index (χ0n) is 12.4. The van der Waals surface area contributed by atoms with Crippen molar-refractivity contribution in [2.24, 2.45) is 0 Å². The predicted molar refractivity (Wildman–Crippen MR) is 84.4 cm³/mol. The molecule has 0 amide bonds. The molecule has 10 heteroatoms. The number of hydrogen-bond acceptors (Lipinski definition) is 4. The van der Waals surface area contributed by atoms with E-state index in [-0.39, 0.29) is 11.4 Å². The second kappa shape index (κ2) is 6.89. The van der Waals surface area contributed by atoms with Gasteiger partial charge in [0, 0.05) is 6.07 Å². The molecule has 2 aromatic rings. The molecule has 0 saturated heterocycles. The van der Waals surface area contributed by atoms with Gasteiger partial charge in [0.25, 0.3) is 10.0 Å². The summed E-state index contributed by atoms with van der Waals surface area (Å²) in [4.78, 5) is -1.04. The molecule has 0 radical (unpaired) electrons. The molecule has 0 aromatic heterocycles. The summed E-state index contributed by atoms with van der Waals surface area (Å²) in [5, 5.41) is 0. The number of methoxy groups -OCH3 is 2. The lowest BCUT2D eigenvalue weighted by atomic mass is 10.3. The lowest BCUT2D eigenvalue weighted by Crippen LogP contribution is -2.16. The maximum atomic E-state index is 13.8. The Morgan fingerprint density at radius 1 is 0.958 bits per heavy atom. The van der Waals surface area contributed by atoms with Crippen molar-refractivity contribution in [1.82, 2.24) is 0 Å².